The number of rotatable bonds is 4. The summed E-state index contributed by atoms with van der Waals surface area (Å²) in [5.74, 6) is -2.37. The van der Waals surface area contributed by atoms with Gasteiger partial charge in [0.05, 0.1) is 22.2 Å². The van der Waals surface area contributed by atoms with Crippen LogP contribution < -0.4 is 11.1 Å². The second-order valence-corrected chi connectivity index (χ2v) is 5.72. The molecule has 1 saturated carbocycles. The molecule has 0 spiro atoms. The van der Waals surface area contributed by atoms with Crippen molar-refractivity contribution in [2.45, 2.75) is 18.9 Å². The number of carbonyl (C=O) groups excluding carboxylic acids is 1. The lowest BCUT2D eigenvalue weighted by Gasteiger charge is -2.08. The molecule has 1 fully saturated rings. The van der Waals surface area contributed by atoms with Gasteiger partial charge < -0.3 is 16.0 Å². The highest BCUT2D eigenvalue weighted by Gasteiger charge is 2.27. The molecule has 0 unspecified atom stereocenters. The molecule has 2 heterocycles. The van der Waals surface area contributed by atoms with Crippen LogP contribution in [0.1, 0.15) is 28.8 Å². The van der Waals surface area contributed by atoms with E-state index in [1.54, 1.807) is 0 Å². The number of nitrogens with two attached hydrogens (primary N) is 1. The van der Waals surface area contributed by atoms with Gasteiger partial charge in [0.2, 0.25) is 5.78 Å². The Morgan fingerprint density at radius 2 is 2.08 bits per heavy atom. The third-order valence-electron chi connectivity index (χ3n) is 3.98. The van der Waals surface area contributed by atoms with Crippen molar-refractivity contribution in [3.05, 3.63) is 47.4 Å². The van der Waals surface area contributed by atoms with Gasteiger partial charge in [-0.2, -0.15) is 0 Å². The fraction of sp³-hybridized carbons (Fsp3) is 0.188. The summed E-state index contributed by atoms with van der Waals surface area (Å²) in [6.45, 7) is 0. The molecule has 4 N–H and O–H groups in total. The molecule has 0 amide bonds. The van der Waals surface area contributed by atoms with E-state index in [9.17, 15) is 13.6 Å². The van der Waals surface area contributed by atoms with Gasteiger partial charge in [0.15, 0.2) is 5.82 Å². The fourth-order valence-corrected chi connectivity index (χ4v) is 2.58. The van der Waals surface area contributed by atoms with Crippen LogP contribution in [0.3, 0.4) is 0 Å². The molecule has 0 bridgehead atoms. The van der Waals surface area contributed by atoms with Gasteiger partial charge in [0, 0.05) is 12.2 Å². The van der Waals surface area contributed by atoms with Gasteiger partial charge in [-0.25, -0.2) is 18.7 Å². The van der Waals surface area contributed by atoms with Crippen LogP contribution in [-0.2, 0) is 0 Å². The normalized spacial score (nSPS) is 14.1. The minimum absolute atomic E-state index is 0.0946. The Labute approximate surface area is 135 Å². The third-order valence-corrected chi connectivity index (χ3v) is 3.98. The zero-order valence-electron chi connectivity index (χ0n) is 12.4. The smallest absolute Gasteiger partial charge is 0.201 e. The highest BCUT2D eigenvalue weighted by atomic mass is 19.1. The van der Waals surface area contributed by atoms with Crippen molar-refractivity contribution in [2.24, 2.45) is 0 Å². The molecule has 3 aromatic rings. The van der Waals surface area contributed by atoms with Crippen molar-refractivity contribution in [3.8, 4) is 0 Å². The average Bonchev–Trinajstić information content (AvgIpc) is 3.27. The number of fused-ring (bicyclic) bond motifs is 1. The molecule has 24 heavy (non-hydrogen) atoms. The summed E-state index contributed by atoms with van der Waals surface area (Å²) in [5.41, 5.74) is 5.00. The average molecular weight is 329 g/mol. The van der Waals surface area contributed by atoms with Gasteiger partial charge >= 0.3 is 0 Å². The summed E-state index contributed by atoms with van der Waals surface area (Å²) in [5, 5.41) is 3.61. The molecule has 1 aromatic carbocycles. The zero-order valence-corrected chi connectivity index (χ0v) is 12.4. The first-order chi connectivity index (χ1) is 11.6. The largest absolute Gasteiger partial charge is 0.396 e. The van der Waals surface area contributed by atoms with E-state index in [0.29, 0.717) is 22.9 Å². The molecule has 8 heteroatoms. The van der Waals surface area contributed by atoms with E-state index in [1.165, 1.54) is 12.5 Å². The molecule has 0 aliphatic heterocycles. The SMILES string of the molecule is Nc1ccc(F)c(C(=O)c2c[nH]c3ncnc(NC4CC4)c23)c1F. The first-order valence-corrected chi connectivity index (χ1v) is 7.43. The Balaban J connectivity index is 1.87. The van der Waals surface area contributed by atoms with Crippen LogP contribution >= 0.6 is 0 Å². The van der Waals surface area contributed by atoms with Gasteiger partial charge in [0.25, 0.3) is 0 Å². The minimum Gasteiger partial charge on any atom is -0.396 e. The Kier molecular flexibility index (Phi) is 3.19. The number of hydrogen-bond donors (Lipinski definition) is 3. The number of ketones is 1. The van der Waals surface area contributed by atoms with Crippen LogP contribution in [0.15, 0.2) is 24.7 Å². The van der Waals surface area contributed by atoms with Crippen LogP contribution in [0.4, 0.5) is 20.3 Å². The Morgan fingerprint density at radius 1 is 1.29 bits per heavy atom. The summed E-state index contributed by atoms with van der Waals surface area (Å²) in [6, 6.07) is 2.35. The topological polar surface area (TPSA) is 96.7 Å². The number of halogens is 2. The summed E-state index contributed by atoms with van der Waals surface area (Å²) < 4.78 is 28.2. The monoisotopic (exact) mass is 329 g/mol. The molecule has 6 nitrogen and oxygen atoms in total. The minimum atomic E-state index is -1.07. The quantitative estimate of drug-likeness (QED) is 0.505. The van der Waals surface area contributed by atoms with E-state index in [1.807, 2.05) is 0 Å². The van der Waals surface area contributed by atoms with E-state index >= 15 is 0 Å². The highest BCUT2D eigenvalue weighted by Crippen LogP contribution is 2.31. The van der Waals surface area contributed by atoms with Crippen LogP contribution in [0.25, 0.3) is 11.0 Å². The molecule has 1 aliphatic rings. The molecule has 1 aliphatic carbocycles. The van der Waals surface area contributed by atoms with Crippen molar-refractivity contribution in [2.75, 3.05) is 11.1 Å². The van der Waals surface area contributed by atoms with E-state index in [4.69, 9.17) is 5.73 Å². The maximum atomic E-state index is 14.2. The maximum absolute atomic E-state index is 14.2. The molecule has 0 atom stereocenters. The van der Waals surface area contributed by atoms with Gasteiger partial charge in [-0.05, 0) is 25.0 Å². The Morgan fingerprint density at radius 3 is 2.83 bits per heavy atom. The lowest BCUT2D eigenvalue weighted by atomic mass is 10.0. The summed E-state index contributed by atoms with van der Waals surface area (Å²) in [4.78, 5) is 23.8. The van der Waals surface area contributed by atoms with Crippen LogP contribution in [0, 0.1) is 11.6 Å². The molecular formula is C16H13F2N5O. The molecule has 0 radical (unpaired) electrons. The second-order valence-electron chi connectivity index (χ2n) is 5.72. The van der Waals surface area contributed by atoms with Crippen LogP contribution in [-0.4, -0.2) is 26.8 Å². The van der Waals surface area contributed by atoms with Gasteiger partial charge in [-0.15, -0.1) is 0 Å². The van der Waals surface area contributed by atoms with Gasteiger partial charge in [0.1, 0.15) is 23.6 Å². The third kappa shape index (κ3) is 2.27. The number of nitrogen functional groups attached to an aromatic ring is 1. The number of nitrogens with one attached hydrogen (secondary N) is 2. The Bertz CT molecular complexity index is 965. The van der Waals surface area contributed by atoms with Crippen molar-refractivity contribution >= 4 is 28.3 Å². The number of benzene rings is 1. The first kappa shape index (κ1) is 14.6. The summed E-state index contributed by atoms with van der Waals surface area (Å²) in [6.07, 6.45) is 4.76. The molecule has 0 saturated heterocycles. The van der Waals surface area contributed by atoms with Crippen molar-refractivity contribution < 1.29 is 13.6 Å². The molecule has 4 rings (SSSR count). The maximum Gasteiger partial charge on any atom is 0.201 e. The standard InChI is InChI=1S/C16H13F2N5O/c17-9-3-4-10(19)13(18)12(9)14(24)8-5-20-15-11(8)16(22-6-21-15)23-7-1-2-7/h3-7H,1-2,19H2,(H2,20,21,22,23). The van der Waals surface area contributed by atoms with Crippen molar-refractivity contribution in [1.29, 1.82) is 0 Å². The number of aromatic amines is 1. The zero-order chi connectivity index (χ0) is 16.8. The number of H-pyrrole nitrogens is 1. The number of nitrogens with zero attached hydrogens (tertiary/aromatic N) is 2. The molecular weight excluding hydrogens is 316 g/mol. The summed E-state index contributed by atoms with van der Waals surface area (Å²) in [7, 11) is 0. The molecule has 122 valence electrons. The predicted molar refractivity (Wildman–Crippen MR) is 84.7 cm³/mol. The van der Waals surface area contributed by atoms with E-state index in [2.05, 4.69) is 20.3 Å². The Hall–Kier alpha value is -3.03. The van der Waals surface area contributed by atoms with E-state index in [0.717, 1.165) is 25.0 Å². The van der Waals surface area contributed by atoms with E-state index < -0.39 is 23.0 Å². The lowest BCUT2D eigenvalue weighted by Crippen LogP contribution is -2.10. The highest BCUT2D eigenvalue weighted by molar-refractivity contribution is 6.18. The number of hydrogen-bond acceptors (Lipinski definition) is 5. The van der Waals surface area contributed by atoms with Gasteiger partial charge in [-0.3, -0.25) is 4.79 Å². The summed E-state index contributed by atoms with van der Waals surface area (Å²) >= 11 is 0. The fourth-order valence-electron chi connectivity index (χ4n) is 2.58. The van der Waals surface area contributed by atoms with Crippen molar-refractivity contribution in [1.82, 2.24) is 15.0 Å². The first-order valence-electron chi connectivity index (χ1n) is 7.43. The predicted octanol–water partition coefficient (Wildman–Crippen LogP) is 2.62. The number of carbonyl (C=O) groups is 1. The van der Waals surface area contributed by atoms with Crippen LogP contribution in [0.5, 0.6) is 0 Å². The van der Waals surface area contributed by atoms with Crippen molar-refractivity contribution in [3.63, 3.8) is 0 Å². The number of anilines is 2. The van der Waals surface area contributed by atoms with E-state index in [-0.39, 0.29) is 11.3 Å². The second kappa shape index (κ2) is 5.26. The molecule has 2 aromatic heterocycles. The van der Waals surface area contributed by atoms with Crippen LogP contribution in [0.2, 0.25) is 0 Å². The number of aromatic nitrogens is 3. The van der Waals surface area contributed by atoms with Gasteiger partial charge in [-0.1, -0.05) is 0 Å². The lowest BCUT2D eigenvalue weighted by molar-refractivity contribution is 0.103.